The Morgan fingerprint density at radius 2 is 1.91 bits per heavy atom. The number of hydrogen-bond acceptors (Lipinski definition) is 7. The summed E-state index contributed by atoms with van der Waals surface area (Å²) in [6.45, 7) is 6.21. The van der Waals surface area contributed by atoms with Gasteiger partial charge in [0, 0.05) is 30.4 Å². The molecule has 1 amide bonds. The first-order chi connectivity index (χ1) is 16.1. The van der Waals surface area contributed by atoms with Crippen molar-refractivity contribution in [3.05, 3.63) is 27.7 Å². The molecule has 2 N–H and O–H groups in total. The highest BCUT2D eigenvalue weighted by molar-refractivity contribution is 7.09. The Balaban J connectivity index is 0.000000344. The average Bonchev–Trinajstić information content (AvgIpc) is 3.35. The molecule has 0 radical (unpaired) electrons. The van der Waals surface area contributed by atoms with E-state index < -0.39 is 12.1 Å². The van der Waals surface area contributed by atoms with Crippen LogP contribution in [0.4, 0.5) is 13.2 Å². The first-order valence-electron chi connectivity index (χ1n) is 11.2. The average molecular weight is 501 g/mol. The number of carbonyl (C=O) groups is 2. The third-order valence-corrected chi connectivity index (χ3v) is 7.61. The SMILES string of the molecule is Cc1ncsc1CN1CCC2(CCc3nnc(C(=O)NC4CC4)n3C2)CC1.O=C(O)C(F)(F)F. The lowest BCUT2D eigenvalue weighted by atomic mass is 9.73. The molecule has 13 heteroatoms. The van der Waals surface area contributed by atoms with Crippen molar-refractivity contribution in [2.45, 2.75) is 70.8 Å². The number of rotatable bonds is 4. The van der Waals surface area contributed by atoms with Gasteiger partial charge in [-0.15, -0.1) is 21.5 Å². The van der Waals surface area contributed by atoms with Gasteiger partial charge in [0.05, 0.1) is 11.2 Å². The summed E-state index contributed by atoms with van der Waals surface area (Å²) in [5.41, 5.74) is 3.39. The molecule has 2 aromatic heterocycles. The van der Waals surface area contributed by atoms with Crippen molar-refractivity contribution in [2.24, 2.45) is 5.41 Å². The van der Waals surface area contributed by atoms with Crippen LogP contribution in [0.25, 0.3) is 0 Å². The molecule has 34 heavy (non-hydrogen) atoms. The van der Waals surface area contributed by atoms with E-state index in [1.54, 1.807) is 11.3 Å². The van der Waals surface area contributed by atoms with Gasteiger partial charge < -0.3 is 15.0 Å². The Kier molecular flexibility index (Phi) is 6.94. The molecule has 2 fully saturated rings. The zero-order valence-electron chi connectivity index (χ0n) is 18.8. The third-order valence-electron chi connectivity index (χ3n) is 6.69. The normalized spacial score (nSPS) is 19.8. The van der Waals surface area contributed by atoms with Crippen LogP contribution in [0.5, 0.6) is 0 Å². The van der Waals surface area contributed by atoms with E-state index in [0.29, 0.717) is 11.9 Å². The Morgan fingerprint density at radius 1 is 1.24 bits per heavy atom. The highest BCUT2D eigenvalue weighted by atomic mass is 32.1. The number of amides is 1. The quantitative estimate of drug-likeness (QED) is 0.664. The second-order valence-corrected chi connectivity index (χ2v) is 10.2. The van der Waals surface area contributed by atoms with Gasteiger partial charge in [0.25, 0.3) is 5.91 Å². The fourth-order valence-electron chi connectivity index (χ4n) is 4.40. The molecule has 1 aliphatic carbocycles. The predicted molar refractivity (Wildman–Crippen MR) is 116 cm³/mol. The standard InChI is InChI=1S/C19H26N6OS.C2HF3O2/c1-13-15(27-12-20-13)10-24-8-6-19(7-9-24)5-4-16-22-23-17(25(16)11-19)18(26)21-14-2-3-14;3-2(4,5)1(6)7/h12,14H,2-11H2,1H3,(H,21,26);(H,6,7). The van der Waals surface area contributed by atoms with Gasteiger partial charge in [-0.1, -0.05) is 0 Å². The first-order valence-corrected chi connectivity index (χ1v) is 12.1. The zero-order valence-corrected chi connectivity index (χ0v) is 19.6. The number of nitrogens with zero attached hydrogens (tertiary/aromatic N) is 5. The third kappa shape index (κ3) is 5.74. The number of carboxylic acid groups (broad SMARTS) is 1. The van der Waals surface area contributed by atoms with E-state index in [1.807, 2.05) is 5.51 Å². The lowest BCUT2D eigenvalue weighted by Crippen LogP contribution is -2.44. The fourth-order valence-corrected chi connectivity index (χ4v) is 5.22. The topological polar surface area (TPSA) is 113 Å². The Hall–Kier alpha value is -2.54. The summed E-state index contributed by atoms with van der Waals surface area (Å²) in [5.74, 6) is -1.32. The van der Waals surface area contributed by atoms with Gasteiger partial charge in [-0.05, 0) is 57.5 Å². The number of carboxylic acids is 1. The van der Waals surface area contributed by atoms with E-state index in [0.717, 1.165) is 57.7 Å². The largest absolute Gasteiger partial charge is 0.490 e. The molecule has 3 aliphatic rings. The number of fused-ring (bicyclic) bond motifs is 1. The van der Waals surface area contributed by atoms with Gasteiger partial charge in [-0.2, -0.15) is 13.2 Å². The van der Waals surface area contributed by atoms with Crippen molar-refractivity contribution in [1.82, 2.24) is 30.0 Å². The van der Waals surface area contributed by atoms with Crippen molar-refractivity contribution in [3.63, 3.8) is 0 Å². The van der Waals surface area contributed by atoms with Crippen LogP contribution in [0.1, 0.15) is 59.1 Å². The van der Waals surface area contributed by atoms with Crippen molar-refractivity contribution >= 4 is 23.2 Å². The predicted octanol–water partition coefficient (Wildman–Crippen LogP) is 2.80. The highest BCUT2D eigenvalue weighted by Crippen LogP contribution is 2.41. The number of thiazole rings is 1. The minimum absolute atomic E-state index is 0.0496. The number of carbonyl (C=O) groups excluding carboxylic acids is 1. The van der Waals surface area contributed by atoms with E-state index >= 15 is 0 Å². The molecule has 2 aliphatic heterocycles. The van der Waals surface area contributed by atoms with Crippen LogP contribution < -0.4 is 5.32 Å². The maximum atomic E-state index is 12.5. The lowest BCUT2D eigenvalue weighted by molar-refractivity contribution is -0.192. The van der Waals surface area contributed by atoms with Gasteiger partial charge in [0.15, 0.2) is 0 Å². The summed E-state index contributed by atoms with van der Waals surface area (Å²) in [6, 6.07) is 0.349. The number of hydrogen-bond donors (Lipinski definition) is 2. The molecule has 186 valence electrons. The number of nitrogens with one attached hydrogen (secondary N) is 1. The van der Waals surface area contributed by atoms with Crippen molar-refractivity contribution in [3.8, 4) is 0 Å². The number of piperidine rings is 1. The molecule has 0 atom stereocenters. The van der Waals surface area contributed by atoms with Crippen LogP contribution in [0.15, 0.2) is 5.51 Å². The monoisotopic (exact) mass is 500 g/mol. The molecule has 1 saturated carbocycles. The molecule has 1 saturated heterocycles. The summed E-state index contributed by atoms with van der Waals surface area (Å²) in [4.78, 5) is 29.7. The molecule has 0 bridgehead atoms. The lowest BCUT2D eigenvalue weighted by Gasteiger charge is -2.44. The number of aromatic nitrogens is 4. The van der Waals surface area contributed by atoms with Crippen LogP contribution >= 0.6 is 11.3 Å². The Labute approximate surface area is 198 Å². The van der Waals surface area contributed by atoms with E-state index in [-0.39, 0.29) is 11.3 Å². The van der Waals surface area contributed by atoms with Crippen LogP contribution in [-0.4, -0.2) is 66.9 Å². The molecule has 0 aromatic carbocycles. The molecule has 4 heterocycles. The number of aryl methyl sites for hydroxylation is 2. The second-order valence-electron chi connectivity index (χ2n) is 9.21. The minimum atomic E-state index is -5.08. The van der Waals surface area contributed by atoms with Crippen molar-refractivity contribution in [2.75, 3.05) is 13.1 Å². The maximum Gasteiger partial charge on any atom is 0.490 e. The summed E-state index contributed by atoms with van der Waals surface area (Å²) in [5, 5.41) is 18.7. The summed E-state index contributed by atoms with van der Waals surface area (Å²) < 4.78 is 33.8. The number of aliphatic carboxylic acids is 1. The molecule has 0 unspecified atom stereocenters. The van der Waals surface area contributed by atoms with Gasteiger partial charge in [0.2, 0.25) is 5.82 Å². The van der Waals surface area contributed by atoms with Crippen molar-refractivity contribution in [1.29, 1.82) is 0 Å². The van der Waals surface area contributed by atoms with E-state index in [2.05, 4.69) is 36.9 Å². The van der Waals surface area contributed by atoms with Gasteiger partial charge >= 0.3 is 12.1 Å². The maximum absolute atomic E-state index is 12.5. The molecule has 1 spiro atoms. The second kappa shape index (κ2) is 9.61. The molecular formula is C21H27F3N6O3S. The summed E-state index contributed by atoms with van der Waals surface area (Å²) in [6.07, 6.45) is 1.52. The number of halogens is 3. The smallest absolute Gasteiger partial charge is 0.475 e. The van der Waals surface area contributed by atoms with Crippen molar-refractivity contribution < 1.29 is 27.9 Å². The molecule has 5 rings (SSSR count). The first kappa shape index (κ1) is 24.6. The summed E-state index contributed by atoms with van der Waals surface area (Å²) >= 11 is 1.76. The van der Waals surface area contributed by atoms with Crippen LogP contribution in [0, 0.1) is 12.3 Å². The minimum Gasteiger partial charge on any atom is -0.475 e. The van der Waals surface area contributed by atoms with E-state index in [1.165, 1.54) is 23.4 Å². The van der Waals surface area contributed by atoms with E-state index in [4.69, 9.17) is 9.90 Å². The Bertz CT molecular complexity index is 1040. The zero-order chi connectivity index (χ0) is 24.5. The van der Waals surface area contributed by atoms with E-state index in [9.17, 15) is 18.0 Å². The van der Waals surface area contributed by atoms with Gasteiger partial charge in [-0.25, -0.2) is 9.78 Å². The van der Waals surface area contributed by atoms with Crippen LogP contribution in [-0.2, 0) is 24.3 Å². The fraction of sp³-hybridized carbons (Fsp3) is 0.667. The van der Waals surface area contributed by atoms with Gasteiger partial charge in [0.1, 0.15) is 5.82 Å². The van der Waals surface area contributed by atoms with Gasteiger partial charge in [-0.3, -0.25) is 9.69 Å². The van der Waals surface area contributed by atoms with Crippen LogP contribution in [0.2, 0.25) is 0 Å². The molecular weight excluding hydrogens is 473 g/mol. The number of alkyl halides is 3. The van der Waals surface area contributed by atoms with Crippen LogP contribution in [0.3, 0.4) is 0 Å². The highest BCUT2D eigenvalue weighted by Gasteiger charge is 2.40. The molecule has 9 nitrogen and oxygen atoms in total. The summed E-state index contributed by atoms with van der Waals surface area (Å²) in [7, 11) is 0. The molecule has 2 aromatic rings. The Morgan fingerprint density at radius 3 is 2.47 bits per heavy atom. The number of likely N-dealkylation sites (tertiary alicyclic amines) is 1.